The summed E-state index contributed by atoms with van der Waals surface area (Å²) in [6, 6.07) is 4.99. The number of fused-ring (bicyclic) bond motifs is 1. The number of carboxylic acids is 2. The van der Waals surface area contributed by atoms with Crippen LogP contribution in [0.3, 0.4) is 0 Å². The number of likely N-dealkylation sites (N-methyl/N-ethyl adjacent to an activating group) is 1. The number of aromatic nitrogens is 2. The van der Waals surface area contributed by atoms with Gasteiger partial charge in [-0.1, -0.05) is 6.07 Å². The van der Waals surface area contributed by atoms with Crippen molar-refractivity contribution in [3.8, 4) is 0 Å². The molecule has 1 aromatic carbocycles. The van der Waals surface area contributed by atoms with E-state index in [1.807, 2.05) is 20.2 Å². The average molecular weight is 323 g/mol. The summed E-state index contributed by atoms with van der Waals surface area (Å²) in [5.74, 6) is -2.71. The number of carboxylic acid groups (broad SMARTS) is 2. The van der Waals surface area contributed by atoms with Crippen LogP contribution in [0, 0.1) is 5.82 Å². The minimum absolute atomic E-state index is 0.199. The van der Waals surface area contributed by atoms with Gasteiger partial charge in [-0.2, -0.15) is 5.10 Å². The highest BCUT2D eigenvalue weighted by Crippen LogP contribution is 2.19. The fraction of sp³-hybridized carbons (Fsp3) is 0.267. The van der Waals surface area contributed by atoms with Crippen LogP contribution in [0.5, 0.6) is 0 Å². The third-order valence-corrected chi connectivity index (χ3v) is 2.78. The van der Waals surface area contributed by atoms with E-state index in [1.54, 1.807) is 6.07 Å². The smallest absolute Gasteiger partial charge is 0.328 e. The highest BCUT2D eigenvalue weighted by molar-refractivity contribution is 5.89. The first-order valence-corrected chi connectivity index (χ1v) is 6.71. The summed E-state index contributed by atoms with van der Waals surface area (Å²) in [4.78, 5) is 21.2. The molecule has 0 spiro atoms. The SMILES string of the molecule is CN(C)CCc1n[nH]c2cccc(F)c12.O=C(O)/C=C/C(=O)O. The van der Waals surface area contributed by atoms with Crippen molar-refractivity contribution in [1.82, 2.24) is 15.1 Å². The molecule has 0 saturated heterocycles. The monoisotopic (exact) mass is 323 g/mol. The number of hydrogen-bond donors (Lipinski definition) is 3. The van der Waals surface area contributed by atoms with Crippen molar-refractivity contribution in [2.75, 3.05) is 20.6 Å². The first-order chi connectivity index (χ1) is 10.8. The average Bonchev–Trinajstić information content (AvgIpc) is 2.88. The zero-order chi connectivity index (χ0) is 17.4. The van der Waals surface area contributed by atoms with E-state index >= 15 is 0 Å². The van der Waals surface area contributed by atoms with Gasteiger partial charge in [0.25, 0.3) is 0 Å². The van der Waals surface area contributed by atoms with E-state index in [2.05, 4.69) is 15.1 Å². The van der Waals surface area contributed by atoms with Gasteiger partial charge >= 0.3 is 11.9 Å². The molecule has 1 heterocycles. The van der Waals surface area contributed by atoms with Crippen LogP contribution in [0.4, 0.5) is 4.39 Å². The second-order valence-electron chi connectivity index (χ2n) is 4.90. The molecule has 1 aromatic heterocycles. The molecular formula is C15H18FN3O4. The highest BCUT2D eigenvalue weighted by atomic mass is 19.1. The van der Waals surface area contributed by atoms with Crippen LogP contribution in [0.2, 0.25) is 0 Å². The second-order valence-corrected chi connectivity index (χ2v) is 4.90. The van der Waals surface area contributed by atoms with Gasteiger partial charge < -0.3 is 15.1 Å². The van der Waals surface area contributed by atoms with Crippen LogP contribution in [-0.2, 0) is 16.0 Å². The maximum absolute atomic E-state index is 13.5. The molecule has 8 heteroatoms. The first-order valence-electron chi connectivity index (χ1n) is 6.71. The largest absolute Gasteiger partial charge is 0.478 e. The molecular weight excluding hydrogens is 305 g/mol. The molecule has 2 aromatic rings. The van der Waals surface area contributed by atoms with Crippen molar-refractivity contribution in [2.45, 2.75) is 6.42 Å². The molecule has 7 nitrogen and oxygen atoms in total. The Labute approximate surface area is 132 Å². The second kappa shape index (κ2) is 8.64. The molecule has 3 N–H and O–H groups in total. The molecule has 0 saturated carbocycles. The van der Waals surface area contributed by atoms with Crippen molar-refractivity contribution < 1.29 is 24.2 Å². The van der Waals surface area contributed by atoms with Crippen LogP contribution in [-0.4, -0.2) is 57.9 Å². The molecule has 0 radical (unpaired) electrons. The molecule has 23 heavy (non-hydrogen) atoms. The molecule has 0 unspecified atom stereocenters. The summed E-state index contributed by atoms with van der Waals surface area (Å²) >= 11 is 0. The van der Waals surface area contributed by atoms with Gasteiger partial charge in [0.2, 0.25) is 0 Å². The number of carbonyl (C=O) groups is 2. The third-order valence-electron chi connectivity index (χ3n) is 2.78. The number of hydrogen-bond acceptors (Lipinski definition) is 4. The van der Waals surface area contributed by atoms with Gasteiger partial charge in [-0.15, -0.1) is 0 Å². The standard InChI is InChI=1S/C11H14FN3.C4H4O4/c1-15(2)7-6-10-11-8(12)4-3-5-9(11)13-14-10;5-3(6)1-2-4(7)8/h3-5H,6-7H2,1-2H3,(H,13,14);1-2H,(H,5,6)(H,7,8)/b;2-1+. The van der Waals surface area contributed by atoms with Gasteiger partial charge in [-0.25, -0.2) is 14.0 Å². The lowest BCUT2D eigenvalue weighted by Gasteiger charge is -2.07. The summed E-state index contributed by atoms with van der Waals surface area (Å²) in [5, 5.41) is 23.2. The van der Waals surface area contributed by atoms with Crippen molar-refractivity contribution in [3.63, 3.8) is 0 Å². The highest BCUT2D eigenvalue weighted by Gasteiger charge is 2.09. The van der Waals surface area contributed by atoms with Crippen LogP contribution >= 0.6 is 0 Å². The molecule has 0 amide bonds. The summed E-state index contributed by atoms with van der Waals surface area (Å²) in [7, 11) is 3.98. The van der Waals surface area contributed by atoms with E-state index < -0.39 is 11.9 Å². The lowest BCUT2D eigenvalue weighted by molar-refractivity contribution is -0.134. The van der Waals surface area contributed by atoms with Crippen LogP contribution < -0.4 is 0 Å². The zero-order valence-electron chi connectivity index (χ0n) is 12.8. The van der Waals surface area contributed by atoms with E-state index in [1.165, 1.54) is 6.07 Å². The number of nitrogens with one attached hydrogen (secondary N) is 1. The quantitative estimate of drug-likeness (QED) is 0.720. The first kappa shape index (κ1) is 18.3. The number of nitrogens with zero attached hydrogens (tertiary/aromatic N) is 2. The number of aliphatic carboxylic acids is 2. The number of H-pyrrole nitrogens is 1. The van der Waals surface area contributed by atoms with Gasteiger partial charge in [0.05, 0.1) is 16.6 Å². The Balaban J connectivity index is 0.000000284. The van der Waals surface area contributed by atoms with E-state index in [0.717, 1.165) is 24.2 Å². The van der Waals surface area contributed by atoms with Crippen molar-refractivity contribution in [3.05, 3.63) is 41.9 Å². The molecule has 0 aliphatic heterocycles. The van der Waals surface area contributed by atoms with Crippen LogP contribution in [0.1, 0.15) is 5.69 Å². The van der Waals surface area contributed by atoms with E-state index in [-0.39, 0.29) is 5.82 Å². The van der Waals surface area contributed by atoms with Gasteiger partial charge in [-0.3, -0.25) is 5.10 Å². The van der Waals surface area contributed by atoms with Gasteiger partial charge in [-0.05, 0) is 26.2 Å². The van der Waals surface area contributed by atoms with E-state index in [0.29, 0.717) is 17.5 Å². The van der Waals surface area contributed by atoms with Crippen molar-refractivity contribution in [2.24, 2.45) is 0 Å². The molecule has 0 atom stereocenters. The number of rotatable bonds is 5. The predicted molar refractivity (Wildman–Crippen MR) is 82.7 cm³/mol. The molecule has 0 bridgehead atoms. The Bertz CT molecular complexity index is 694. The van der Waals surface area contributed by atoms with Crippen molar-refractivity contribution >= 4 is 22.8 Å². The topological polar surface area (TPSA) is 107 Å². The molecule has 0 aliphatic rings. The van der Waals surface area contributed by atoms with Gasteiger partial charge in [0, 0.05) is 25.1 Å². The minimum Gasteiger partial charge on any atom is -0.478 e. The van der Waals surface area contributed by atoms with Crippen LogP contribution in [0.15, 0.2) is 30.4 Å². The lowest BCUT2D eigenvalue weighted by atomic mass is 10.1. The number of benzene rings is 1. The molecule has 0 aliphatic carbocycles. The maximum atomic E-state index is 13.5. The molecule has 124 valence electrons. The summed E-state index contributed by atoms with van der Waals surface area (Å²) in [5.41, 5.74) is 1.57. The summed E-state index contributed by atoms with van der Waals surface area (Å²) < 4.78 is 13.5. The lowest BCUT2D eigenvalue weighted by Crippen LogP contribution is -2.15. The van der Waals surface area contributed by atoms with Crippen molar-refractivity contribution in [1.29, 1.82) is 0 Å². The van der Waals surface area contributed by atoms with E-state index in [9.17, 15) is 14.0 Å². The fourth-order valence-corrected chi connectivity index (χ4v) is 1.75. The maximum Gasteiger partial charge on any atom is 0.328 e. The Morgan fingerprint density at radius 1 is 1.26 bits per heavy atom. The van der Waals surface area contributed by atoms with Gasteiger partial charge in [0.1, 0.15) is 5.82 Å². The Kier molecular flexibility index (Phi) is 6.88. The summed E-state index contributed by atoms with van der Waals surface area (Å²) in [6.07, 6.45) is 1.87. The minimum atomic E-state index is -1.26. The fourth-order valence-electron chi connectivity index (χ4n) is 1.75. The normalized spacial score (nSPS) is 10.8. The third kappa shape index (κ3) is 6.27. The number of halogens is 1. The Hall–Kier alpha value is -2.74. The molecule has 2 rings (SSSR count). The zero-order valence-corrected chi connectivity index (χ0v) is 12.8. The predicted octanol–water partition coefficient (Wildman–Crippen LogP) is 1.52. The Morgan fingerprint density at radius 2 is 1.87 bits per heavy atom. The Morgan fingerprint density at radius 3 is 2.39 bits per heavy atom. The molecule has 0 fully saturated rings. The van der Waals surface area contributed by atoms with E-state index in [4.69, 9.17) is 10.2 Å². The van der Waals surface area contributed by atoms with Gasteiger partial charge in [0.15, 0.2) is 0 Å². The number of aromatic amines is 1. The summed E-state index contributed by atoms with van der Waals surface area (Å²) in [6.45, 7) is 0.869. The van der Waals surface area contributed by atoms with Crippen LogP contribution in [0.25, 0.3) is 10.9 Å².